The molecule has 1 aliphatic carbocycles. The number of nitrogen functional groups attached to an aromatic ring is 1. The SMILES string of the molecule is CN(CC(=O)NC1CC1)CC(O)c1ccc(N)cc1. The lowest BCUT2D eigenvalue weighted by atomic mass is 10.1. The van der Waals surface area contributed by atoms with Gasteiger partial charge in [0.25, 0.3) is 0 Å². The molecule has 0 saturated heterocycles. The first-order valence-corrected chi connectivity index (χ1v) is 6.56. The van der Waals surface area contributed by atoms with Crippen LogP contribution in [0.2, 0.25) is 0 Å². The topological polar surface area (TPSA) is 78.6 Å². The van der Waals surface area contributed by atoms with E-state index in [0.29, 0.717) is 24.8 Å². The van der Waals surface area contributed by atoms with Gasteiger partial charge in [-0.3, -0.25) is 9.69 Å². The molecule has 1 aliphatic rings. The van der Waals surface area contributed by atoms with Gasteiger partial charge in [0.2, 0.25) is 5.91 Å². The molecule has 1 atom stereocenters. The highest BCUT2D eigenvalue weighted by atomic mass is 16.3. The summed E-state index contributed by atoms with van der Waals surface area (Å²) in [5, 5.41) is 13.0. The van der Waals surface area contributed by atoms with Gasteiger partial charge < -0.3 is 16.2 Å². The Labute approximate surface area is 113 Å². The number of rotatable bonds is 6. The Kier molecular flexibility index (Phi) is 4.39. The lowest BCUT2D eigenvalue weighted by Crippen LogP contribution is -2.37. The number of nitrogens with one attached hydrogen (secondary N) is 1. The summed E-state index contributed by atoms with van der Waals surface area (Å²) in [5.41, 5.74) is 7.08. The highest BCUT2D eigenvalue weighted by Gasteiger charge is 2.23. The smallest absolute Gasteiger partial charge is 0.234 e. The first-order valence-electron chi connectivity index (χ1n) is 6.56. The van der Waals surface area contributed by atoms with Gasteiger partial charge in [-0.15, -0.1) is 0 Å². The standard InChI is InChI=1S/C14H21N3O2/c1-17(9-14(19)16-12-6-7-12)8-13(18)10-2-4-11(15)5-3-10/h2-5,12-13,18H,6-9,15H2,1H3,(H,16,19). The number of amides is 1. The van der Waals surface area contributed by atoms with Crippen LogP contribution in [0.25, 0.3) is 0 Å². The number of nitrogens with zero attached hydrogens (tertiary/aromatic N) is 1. The molecule has 5 nitrogen and oxygen atoms in total. The third-order valence-electron chi connectivity index (χ3n) is 3.16. The summed E-state index contributed by atoms with van der Waals surface area (Å²) in [5.74, 6) is 0.0227. The van der Waals surface area contributed by atoms with E-state index >= 15 is 0 Å². The maximum absolute atomic E-state index is 11.6. The van der Waals surface area contributed by atoms with Crippen LogP contribution in [0.1, 0.15) is 24.5 Å². The van der Waals surface area contributed by atoms with E-state index in [4.69, 9.17) is 5.73 Å². The molecule has 104 valence electrons. The van der Waals surface area contributed by atoms with Crippen molar-refractivity contribution in [2.45, 2.75) is 25.0 Å². The highest BCUT2D eigenvalue weighted by Crippen LogP contribution is 2.18. The molecule has 4 N–H and O–H groups in total. The van der Waals surface area contributed by atoms with Crippen LogP contribution in [0.15, 0.2) is 24.3 Å². The largest absolute Gasteiger partial charge is 0.399 e. The second-order valence-corrected chi connectivity index (χ2v) is 5.22. The van der Waals surface area contributed by atoms with E-state index in [-0.39, 0.29) is 5.91 Å². The van der Waals surface area contributed by atoms with Gasteiger partial charge in [-0.2, -0.15) is 0 Å². The predicted molar refractivity (Wildman–Crippen MR) is 74.5 cm³/mol. The summed E-state index contributed by atoms with van der Waals surface area (Å²) in [6.45, 7) is 0.727. The summed E-state index contributed by atoms with van der Waals surface area (Å²) in [7, 11) is 1.83. The zero-order valence-electron chi connectivity index (χ0n) is 11.2. The minimum Gasteiger partial charge on any atom is -0.399 e. The van der Waals surface area contributed by atoms with Crippen LogP contribution >= 0.6 is 0 Å². The van der Waals surface area contributed by atoms with Gasteiger partial charge in [-0.25, -0.2) is 0 Å². The molecule has 0 radical (unpaired) electrons. The van der Waals surface area contributed by atoms with E-state index in [1.54, 1.807) is 24.3 Å². The summed E-state index contributed by atoms with van der Waals surface area (Å²) in [4.78, 5) is 13.4. The van der Waals surface area contributed by atoms with Gasteiger partial charge in [0, 0.05) is 18.3 Å². The van der Waals surface area contributed by atoms with Crippen molar-refractivity contribution in [1.29, 1.82) is 0 Å². The molecule has 1 fully saturated rings. The van der Waals surface area contributed by atoms with Crippen molar-refractivity contribution in [3.05, 3.63) is 29.8 Å². The maximum atomic E-state index is 11.6. The molecule has 19 heavy (non-hydrogen) atoms. The maximum Gasteiger partial charge on any atom is 0.234 e. The van der Waals surface area contributed by atoms with E-state index in [1.165, 1.54) is 0 Å². The van der Waals surface area contributed by atoms with E-state index in [1.807, 2.05) is 11.9 Å². The number of nitrogens with two attached hydrogens (primary N) is 1. The number of likely N-dealkylation sites (N-methyl/N-ethyl adjacent to an activating group) is 1. The summed E-state index contributed by atoms with van der Waals surface area (Å²) in [6, 6.07) is 7.51. The Bertz CT molecular complexity index is 429. The number of hydrogen-bond donors (Lipinski definition) is 3. The molecule has 0 bridgehead atoms. The fourth-order valence-corrected chi connectivity index (χ4v) is 1.93. The average molecular weight is 263 g/mol. The Morgan fingerprint density at radius 3 is 2.68 bits per heavy atom. The summed E-state index contributed by atoms with van der Waals surface area (Å²) in [6.07, 6.45) is 1.56. The lowest BCUT2D eigenvalue weighted by molar-refractivity contribution is -0.122. The number of anilines is 1. The van der Waals surface area contributed by atoms with Crippen molar-refractivity contribution in [3.63, 3.8) is 0 Å². The normalized spacial score (nSPS) is 16.4. The fraction of sp³-hybridized carbons (Fsp3) is 0.500. The minimum absolute atomic E-state index is 0.0227. The second-order valence-electron chi connectivity index (χ2n) is 5.22. The van der Waals surface area contributed by atoms with Crippen LogP contribution in [-0.2, 0) is 4.79 Å². The van der Waals surface area contributed by atoms with Gasteiger partial charge in [-0.1, -0.05) is 12.1 Å². The Hall–Kier alpha value is -1.59. The average Bonchev–Trinajstić information content (AvgIpc) is 3.13. The molecule has 1 unspecified atom stereocenters. The Morgan fingerprint density at radius 2 is 2.11 bits per heavy atom. The first kappa shape index (κ1) is 13.8. The van der Waals surface area contributed by atoms with E-state index in [2.05, 4.69) is 5.32 Å². The molecular formula is C14H21N3O2. The summed E-state index contributed by atoms with van der Waals surface area (Å²) >= 11 is 0. The second kappa shape index (κ2) is 6.04. The molecule has 0 aromatic heterocycles. The van der Waals surface area contributed by atoms with Gasteiger partial charge in [-0.05, 0) is 37.6 Å². The Morgan fingerprint density at radius 1 is 1.47 bits per heavy atom. The van der Waals surface area contributed by atoms with E-state index < -0.39 is 6.10 Å². The van der Waals surface area contributed by atoms with Crippen molar-refractivity contribution >= 4 is 11.6 Å². The monoisotopic (exact) mass is 263 g/mol. The highest BCUT2D eigenvalue weighted by molar-refractivity contribution is 5.78. The number of hydrogen-bond acceptors (Lipinski definition) is 4. The molecule has 1 amide bonds. The molecule has 1 aromatic carbocycles. The van der Waals surface area contributed by atoms with Crippen molar-refractivity contribution < 1.29 is 9.90 Å². The third-order valence-corrected chi connectivity index (χ3v) is 3.16. The van der Waals surface area contributed by atoms with Crippen LogP contribution in [0.5, 0.6) is 0 Å². The quantitative estimate of drug-likeness (QED) is 0.654. The number of carbonyl (C=O) groups is 1. The van der Waals surface area contributed by atoms with Crippen molar-refractivity contribution in [1.82, 2.24) is 10.2 Å². The first-order chi connectivity index (χ1) is 9.04. The number of carbonyl (C=O) groups excluding carboxylic acids is 1. The van der Waals surface area contributed by atoms with Crippen LogP contribution in [0.3, 0.4) is 0 Å². The van der Waals surface area contributed by atoms with Crippen LogP contribution < -0.4 is 11.1 Å². The summed E-state index contributed by atoms with van der Waals surface area (Å²) < 4.78 is 0. The van der Waals surface area contributed by atoms with Crippen LogP contribution in [-0.4, -0.2) is 42.1 Å². The van der Waals surface area contributed by atoms with Gasteiger partial charge >= 0.3 is 0 Å². The lowest BCUT2D eigenvalue weighted by Gasteiger charge is -2.20. The molecule has 2 rings (SSSR count). The van der Waals surface area contributed by atoms with Crippen molar-refractivity contribution in [2.24, 2.45) is 0 Å². The van der Waals surface area contributed by atoms with E-state index in [0.717, 1.165) is 18.4 Å². The van der Waals surface area contributed by atoms with Gasteiger partial charge in [0.05, 0.1) is 12.6 Å². The Balaban J connectivity index is 1.78. The zero-order chi connectivity index (χ0) is 13.8. The molecule has 0 aliphatic heterocycles. The molecule has 1 aromatic rings. The fourth-order valence-electron chi connectivity index (χ4n) is 1.93. The van der Waals surface area contributed by atoms with Gasteiger partial charge in [0.1, 0.15) is 0 Å². The third kappa shape index (κ3) is 4.54. The van der Waals surface area contributed by atoms with Crippen LogP contribution in [0.4, 0.5) is 5.69 Å². The van der Waals surface area contributed by atoms with Crippen molar-refractivity contribution in [3.8, 4) is 0 Å². The molecule has 1 saturated carbocycles. The van der Waals surface area contributed by atoms with Crippen LogP contribution in [0, 0.1) is 0 Å². The minimum atomic E-state index is -0.612. The van der Waals surface area contributed by atoms with E-state index in [9.17, 15) is 9.90 Å². The zero-order valence-corrected chi connectivity index (χ0v) is 11.2. The van der Waals surface area contributed by atoms with Crippen molar-refractivity contribution in [2.75, 3.05) is 25.9 Å². The molecule has 5 heteroatoms. The van der Waals surface area contributed by atoms with Gasteiger partial charge in [0.15, 0.2) is 0 Å². The number of aliphatic hydroxyl groups is 1. The number of benzene rings is 1. The molecule has 0 spiro atoms. The number of aliphatic hydroxyl groups excluding tert-OH is 1. The molecular weight excluding hydrogens is 242 g/mol. The predicted octanol–water partition coefficient (Wildman–Crippen LogP) is 0.513. The molecule has 0 heterocycles.